The van der Waals surface area contributed by atoms with Crippen LogP contribution < -0.4 is 10.5 Å². The van der Waals surface area contributed by atoms with Crippen LogP contribution in [0.15, 0.2) is 18.5 Å². The number of methoxy groups -OCH3 is 1. The van der Waals surface area contributed by atoms with Gasteiger partial charge in [0.25, 0.3) is 0 Å². The van der Waals surface area contributed by atoms with Gasteiger partial charge in [-0.15, -0.1) is 0 Å². The van der Waals surface area contributed by atoms with Crippen LogP contribution in [0.25, 0.3) is 11.3 Å². The van der Waals surface area contributed by atoms with E-state index in [-0.39, 0.29) is 29.6 Å². The first-order valence-electron chi connectivity index (χ1n) is 5.08. The quantitative estimate of drug-likeness (QED) is 0.835. The Balaban J connectivity index is 2.54. The second-order valence-corrected chi connectivity index (χ2v) is 3.46. The molecule has 0 atom stereocenters. The maximum atomic E-state index is 13.7. The van der Waals surface area contributed by atoms with E-state index in [0.717, 1.165) is 6.20 Å². The van der Waals surface area contributed by atoms with Crippen molar-refractivity contribution < 1.29 is 14.2 Å². The van der Waals surface area contributed by atoms with E-state index in [4.69, 9.17) is 15.6 Å². The number of anilines is 1. The van der Waals surface area contributed by atoms with E-state index in [9.17, 15) is 4.39 Å². The van der Waals surface area contributed by atoms with E-state index in [1.165, 1.54) is 19.4 Å². The summed E-state index contributed by atoms with van der Waals surface area (Å²) in [4.78, 5) is 11.6. The molecule has 0 fully saturated rings. The molecule has 0 spiro atoms. The molecule has 94 valence electrons. The molecule has 0 aliphatic carbocycles. The molecule has 0 aliphatic heterocycles. The fourth-order valence-corrected chi connectivity index (χ4v) is 1.44. The number of ether oxygens (including phenoxy) is 1. The molecule has 2 aromatic rings. The Morgan fingerprint density at radius 2 is 2.17 bits per heavy atom. The Hall–Kier alpha value is -2.28. The van der Waals surface area contributed by atoms with E-state index < -0.39 is 5.82 Å². The summed E-state index contributed by atoms with van der Waals surface area (Å²) in [6.45, 7) is -0.278. The number of aromatic nitrogens is 3. The van der Waals surface area contributed by atoms with Gasteiger partial charge in [0.05, 0.1) is 31.8 Å². The first-order chi connectivity index (χ1) is 8.65. The molecule has 2 aromatic heterocycles. The standard InChI is InChI=1S/C11H11FN4O2/c1-18-9-2-7(8(12)4-14-9)10-11(13)16-6(5-17)3-15-10/h2-4,17H,5H2,1H3,(H2,13,16). The van der Waals surface area contributed by atoms with E-state index in [1.807, 2.05) is 0 Å². The second-order valence-electron chi connectivity index (χ2n) is 3.46. The lowest BCUT2D eigenvalue weighted by Crippen LogP contribution is -2.03. The largest absolute Gasteiger partial charge is 0.481 e. The number of nitrogen functional groups attached to an aromatic ring is 1. The van der Waals surface area contributed by atoms with Gasteiger partial charge in [0.2, 0.25) is 5.88 Å². The summed E-state index contributed by atoms with van der Waals surface area (Å²) in [5.41, 5.74) is 6.33. The maximum Gasteiger partial charge on any atom is 0.213 e. The number of nitrogens with zero attached hydrogens (tertiary/aromatic N) is 3. The van der Waals surface area contributed by atoms with Crippen molar-refractivity contribution in [3.8, 4) is 17.1 Å². The number of aliphatic hydroxyl groups excluding tert-OH is 1. The summed E-state index contributed by atoms with van der Waals surface area (Å²) in [6.07, 6.45) is 2.35. The number of nitrogens with two attached hydrogens (primary N) is 1. The van der Waals surface area contributed by atoms with Crippen LogP contribution >= 0.6 is 0 Å². The van der Waals surface area contributed by atoms with Crippen LogP contribution in [0.4, 0.5) is 10.2 Å². The maximum absolute atomic E-state index is 13.7. The van der Waals surface area contributed by atoms with Gasteiger partial charge in [-0.25, -0.2) is 14.4 Å². The Morgan fingerprint density at radius 1 is 1.39 bits per heavy atom. The normalized spacial score (nSPS) is 10.4. The monoisotopic (exact) mass is 250 g/mol. The summed E-state index contributed by atoms with van der Waals surface area (Å²) >= 11 is 0. The van der Waals surface area contributed by atoms with Gasteiger partial charge in [0, 0.05) is 11.6 Å². The van der Waals surface area contributed by atoms with Gasteiger partial charge in [-0.2, -0.15) is 0 Å². The van der Waals surface area contributed by atoms with Crippen LogP contribution in [0, 0.1) is 5.82 Å². The zero-order valence-electron chi connectivity index (χ0n) is 9.59. The lowest BCUT2D eigenvalue weighted by Gasteiger charge is -2.07. The molecule has 0 radical (unpaired) electrons. The van der Waals surface area contributed by atoms with Crippen LogP contribution in [0.3, 0.4) is 0 Å². The average Bonchev–Trinajstić information content (AvgIpc) is 2.39. The Morgan fingerprint density at radius 3 is 2.78 bits per heavy atom. The molecule has 2 rings (SSSR count). The molecule has 0 amide bonds. The molecule has 0 saturated heterocycles. The molecule has 0 unspecified atom stereocenters. The van der Waals surface area contributed by atoms with Gasteiger partial charge >= 0.3 is 0 Å². The molecule has 18 heavy (non-hydrogen) atoms. The number of rotatable bonds is 3. The van der Waals surface area contributed by atoms with Crippen LogP contribution in [0.2, 0.25) is 0 Å². The molecule has 0 saturated carbocycles. The van der Waals surface area contributed by atoms with Crippen LogP contribution in [-0.4, -0.2) is 27.2 Å². The predicted molar refractivity (Wildman–Crippen MR) is 62.1 cm³/mol. The number of hydrogen-bond acceptors (Lipinski definition) is 6. The van der Waals surface area contributed by atoms with Gasteiger partial charge in [0.1, 0.15) is 5.69 Å². The third kappa shape index (κ3) is 2.21. The molecule has 6 nitrogen and oxygen atoms in total. The van der Waals surface area contributed by atoms with Gasteiger partial charge < -0.3 is 15.6 Å². The van der Waals surface area contributed by atoms with Crippen molar-refractivity contribution in [2.24, 2.45) is 0 Å². The van der Waals surface area contributed by atoms with Gasteiger partial charge in [-0.1, -0.05) is 0 Å². The van der Waals surface area contributed by atoms with E-state index in [0.29, 0.717) is 5.69 Å². The summed E-state index contributed by atoms with van der Waals surface area (Å²) in [7, 11) is 1.42. The minimum atomic E-state index is -0.575. The highest BCUT2D eigenvalue weighted by molar-refractivity contribution is 5.70. The third-order valence-corrected chi connectivity index (χ3v) is 2.31. The first-order valence-corrected chi connectivity index (χ1v) is 5.08. The Labute approximate surface area is 102 Å². The third-order valence-electron chi connectivity index (χ3n) is 2.31. The lowest BCUT2D eigenvalue weighted by molar-refractivity contribution is 0.276. The zero-order chi connectivity index (χ0) is 13.1. The highest BCUT2D eigenvalue weighted by Gasteiger charge is 2.13. The first kappa shape index (κ1) is 12.2. The molecule has 0 aliphatic rings. The fraction of sp³-hybridized carbons (Fsp3) is 0.182. The lowest BCUT2D eigenvalue weighted by atomic mass is 10.1. The fourth-order valence-electron chi connectivity index (χ4n) is 1.44. The number of aliphatic hydroxyl groups is 1. The minimum Gasteiger partial charge on any atom is -0.481 e. The van der Waals surface area contributed by atoms with Crippen molar-refractivity contribution in [3.63, 3.8) is 0 Å². The van der Waals surface area contributed by atoms with Crippen molar-refractivity contribution in [2.45, 2.75) is 6.61 Å². The molecule has 0 aromatic carbocycles. The second kappa shape index (κ2) is 4.92. The van der Waals surface area contributed by atoms with Gasteiger partial charge in [-0.3, -0.25) is 4.98 Å². The Kier molecular flexibility index (Phi) is 3.33. The van der Waals surface area contributed by atoms with Gasteiger partial charge in [0.15, 0.2) is 11.6 Å². The molecule has 2 heterocycles. The summed E-state index contributed by atoms with van der Waals surface area (Å²) < 4.78 is 18.6. The van der Waals surface area contributed by atoms with E-state index in [2.05, 4.69) is 15.0 Å². The van der Waals surface area contributed by atoms with Crippen LogP contribution in [0.1, 0.15) is 5.69 Å². The summed E-state index contributed by atoms with van der Waals surface area (Å²) in [6, 6.07) is 1.38. The van der Waals surface area contributed by atoms with Gasteiger partial charge in [-0.05, 0) is 0 Å². The highest BCUT2D eigenvalue weighted by Crippen LogP contribution is 2.27. The highest BCUT2D eigenvalue weighted by atomic mass is 19.1. The molecule has 3 N–H and O–H groups in total. The molecular weight excluding hydrogens is 239 g/mol. The summed E-state index contributed by atoms with van der Waals surface area (Å²) in [5.74, 6) is -0.291. The number of pyridine rings is 1. The molecule has 7 heteroatoms. The van der Waals surface area contributed by atoms with E-state index >= 15 is 0 Å². The van der Waals surface area contributed by atoms with Crippen LogP contribution in [0.5, 0.6) is 5.88 Å². The predicted octanol–water partition coefficient (Wildman–Crippen LogP) is 0.761. The number of halogens is 1. The van der Waals surface area contributed by atoms with Crippen molar-refractivity contribution in [1.82, 2.24) is 15.0 Å². The minimum absolute atomic E-state index is 0.0358. The van der Waals surface area contributed by atoms with Crippen molar-refractivity contribution in [3.05, 3.63) is 30.0 Å². The van der Waals surface area contributed by atoms with Crippen molar-refractivity contribution >= 4 is 5.82 Å². The number of hydrogen-bond donors (Lipinski definition) is 2. The van der Waals surface area contributed by atoms with Crippen LogP contribution in [-0.2, 0) is 6.61 Å². The molecule has 0 bridgehead atoms. The van der Waals surface area contributed by atoms with Crippen molar-refractivity contribution in [2.75, 3.05) is 12.8 Å². The zero-order valence-corrected chi connectivity index (χ0v) is 9.59. The summed E-state index contributed by atoms with van der Waals surface area (Å²) in [5, 5.41) is 8.90. The average molecular weight is 250 g/mol. The topological polar surface area (TPSA) is 94.2 Å². The Bertz CT molecular complexity index is 577. The van der Waals surface area contributed by atoms with Crippen molar-refractivity contribution in [1.29, 1.82) is 0 Å². The molecular formula is C11H11FN4O2. The smallest absolute Gasteiger partial charge is 0.213 e. The SMILES string of the molecule is COc1cc(-c2ncc(CO)nc2N)c(F)cn1. The van der Waals surface area contributed by atoms with E-state index in [1.54, 1.807) is 0 Å².